The molecule has 0 spiro atoms. The van der Waals surface area contributed by atoms with Crippen LogP contribution in [0.2, 0.25) is 0 Å². The average molecular weight is 628 g/mol. The van der Waals surface area contributed by atoms with Gasteiger partial charge in [-0.05, 0) is 53.9 Å². The van der Waals surface area contributed by atoms with E-state index in [1.54, 1.807) is 0 Å². The average Bonchev–Trinajstić information content (AvgIpc) is 3.84. The summed E-state index contributed by atoms with van der Waals surface area (Å²) in [5.74, 6) is 0.625. The summed E-state index contributed by atoms with van der Waals surface area (Å²) in [5, 5.41) is 8.83. The number of nitrogens with zero attached hydrogens (tertiary/aromatic N) is 3. The van der Waals surface area contributed by atoms with Crippen molar-refractivity contribution in [3.05, 3.63) is 152 Å². The molecule has 0 amide bonds. The molecule has 4 aromatic heterocycles. The summed E-state index contributed by atoms with van der Waals surface area (Å²) in [6.45, 7) is 0. The van der Waals surface area contributed by atoms with E-state index >= 15 is 0 Å². The molecule has 11 rings (SSSR count). The zero-order valence-corrected chi connectivity index (χ0v) is 26.1. The van der Waals surface area contributed by atoms with E-state index in [9.17, 15) is 0 Å². The highest BCUT2D eigenvalue weighted by Gasteiger charge is 2.20. The van der Waals surface area contributed by atoms with Crippen molar-refractivity contribution in [2.45, 2.75) is 0 Å². The van der Waals surface area contributed by atoms with Gasteiger partial charge in [0.25, 0.3) is 0 Å². The topological polar surface area (TPSA) is 57.0 Å². The predicted octanol–water partition coefficient (Wildman–Crippen LogP) is 11.9. The van der Waals surface area contributed by atoms with Crippen molar-refractivity contribution in [3.8, 4) is 28.5 Å². The third-order valence-electron chi connectivity index (χ3n) is 9.82. The third kappa shape index (κ3) is 3.81. The van der Waals surface area contributed by atoms with E-state index in [0.29, 0.717) is 5.95 Å². The molecule has 0 aliphatic heterocycles. The summed E-state index contributed by atoms with van der Waals surface area (Å²) in [4.78, 5) is 10.6. The van der Waals surface area contributed by atoms with Crippen LogP contribution in [-0.4, -0.2) is 14.5 Å². The van der Waals surface area contributed by atoms with Gasteiger partial charge in [0.2, 0.25) is 5.95 Å². The van der Waals surface area contributed by atoms with E-state index in [2.05, 4.69) is 114 Å². The monoisotopic (exact) mass is 627 g/mol. The molecule has 7 aromatic carbocycles. The van der Waals surface area contributed by atoms with Gasteiger partial charge in [0.15, 0.2) is 11.2 Å². The fraction of sp³-hybridized carbons (Fsp3) is 0. The number of hydrogen-bond acceptors (Lipinski definition) is 4. The van der Waals surface area contributed by atoms with Crippen LogP contribution in [0, 0.1) is 0 Å². The van der Waals surface area contributed by atoms with Crippen LogP contribution in [0.1, 0.15) is 0 Å². The van der Waals surface area contributed by atoms with Gasteiger partial charge in [-0.2, -0.15) is 0 Å². The van der Waals surface area contributed by atoms with Gasteiger partial charge in [-0.15, -0.1) is 0 Å². The predicted molar refractivity (Wildman–Crippen MR) is 199 cm³/mol. The van der Waals surface area contributed by atoms with Crippen LogP contribution < -0.4 is 0 Å². The van der Waals surface area contributed by atoms with Crippen LogP contribution >= 0.6 is 0 Å². The van der Waals surface area contributed by atoms with Crippen LogP contribution in [0.25, 0.3) is 105 Å². The molecule has 0 bridgehead atoms. The van der Waals surface area contributed by atoms with Crippen LogP contribution in [0.4, 0.5) is 0 Å². The van der Waals surface area contributed by atoms with Gasteiger partial charge in [0, 0.05) is 48.8 Å². The highest BCUT2D eigenvalue weighted by Crippen LogP contribution is 2.41. The Morgan fingerprint density at radius 3 is 1.88 bits per heavy atom. The summed E-state index contributed by atoms with van der Waals surface area (Å²) in [5.41, 5.74) is 9.04. The van der Waals surface area contributed by atoms with Gasteiger partial charge in [-0.25, -0.2) is 9.97 Å². The van der Waals surface area contributed by atoms with Gasteiger partial charge in [0.05, 0.1) is 22.4 Å². The Labute approximate surface area is 279 Å². The van der Waals surface area contributed by atoms with E-state index in [1.807, 2.05) is 42.5 Å². The molecule has 0 radical (unpaired) electrons. The molecular formula is C44H25N3O2. The van der Waals surface area contributed by atoms with Crippen LogP contribution in [0.15, 0.2) is 160 Å². The second-order valence-corrected chi connectivity index (χ2v) is 12.6. The first-order valence-electron chi connectivity index (χ1n) is 16.4. The minimum Gasteiger partial charge on any atom is -0.452 e. The lowest BCUT2D eigenvalue weighted by Crippen LogP contribution is -2.04. The molecule has 5 nitrogen and oxygen atoms in total. The number of rotatable bonds is 3. The molecule has 0 fully saturated rings. The van der Waals surface area contributed by atoms with Gasteiger partial charge >= 0.3 is 0 Å². The molecule has 0 saturated heterocycles. The normalized spacial score (nSPS) is 12.1. The SMILES string of the molecule is c1ccc(-c2cc(-c3ccc4oc5c(ccc6c7ccccc7oc65)c4c3)nc(-n3c4ccccc4c4ccc5ccccc5c43)n2)cc1. The maximum atomic E-state index is 6.47. The van der Waals surface area contributed by atoms with Crippen LogP contribution in [0.3, 0.4) is 0 Å². The maximum Gasteiger partial charge on any atom is 0.235 e. The number of fused-ring (bicyclic) bond motifs is 12. The van der Waals surface area contributed by atoms with E-state index in [-0.39, 0.29) is 0 Å². The van der Waals surface area contributed by atoms with Crippen LogP contribution in [0.5, 0.6) is 0 Å². The molecule has 11 aromatic rings. The van der Waals surface area contributed by atoms with E-state index in [4.69, 9.17) is 18.8 Å². The Hall–Kier alpha value is -6.72. The Morgan fingerprint density at radius 1 is 0.408 bits per heavy atom. The number of aromatic nitrogens is 3. The fourth-order valence-electron chi connectivity index (χ4n) is 7.55. The zero-order valence-electron chi connectivity index (χ0n) is 26.1. The van der Waals surface area contributed by atoms with Crippen molar-refractivity contribution in [2.24, 2.45) is 0 Å². The van der Waals surface area contributed by atoms with Gasteiger partial charge in [-0.3, -0.25) is 4.57 Å². The Morgan fingerprint density at radius 2 is 1.04 bits per heavy atom. The highest BCUT2D eigenvalue weighted by molar-refractivity contribution is 6.20. The summed E-state index contributed by atoms with van der Waals surface area (Å²) < 4.78 is 15.0. The van der Waals surface area contributed by atoms with Gasteiger partial charge < -0.3 is 8.83 Å². The molecule has 0 aliphatic rings. The summed E-state index contributed by atoms with van der Waals surface area (Å²) >= 11 is 0. The Kier molecular flexibility index (Phi) is 5.32. The van der Waals surface area contributed by atoms with Crippen molar-refractivity contribution >= 4 is 76.5 Å². The summed E-state index contributed by atoms with van der Waals surface area (Å²) in [6, 6.07) is 52.6. The Bertz CT molecular complexity index is 3110. The molecule has 0 aliphatic carbocycles. The lowest BCUT2D eigenvalue weighted by atomic mass is 10.0. The molecule has 5 heteroatoms. The first-order chi connectivity index (χ1) is 24.3. The number of benzene rings is 7. The van der Waals surface area contributed by atoms with E-state index in [1.165, 1.54) is 16.2 Å². The first-order valence-corrected chi connectivity index (χ1v) is 16.4. The molecule has 49 heavy (non-hydrogen) atoms. The highest BCUT2D eigenvalue weighted by atomic mass is 16.4. The third-order valence-corrected chi connectivity index (χ3v) is 9.82. The smallest absolute Gasteiger partial charge is 0.235 e. The summed E-state index contributed by atoms with van der Waals surface area (Å²) in [6.07, 6.45) is 0. The first kappa shape index (κ1) is 26.4. The quantitative estimate of drug-likeness (QED) is 0.196. The molecule has 0 atom stereocenters. The largest absolute Gasteiger partial charge is 0.452 e. The number of hydrogen-bond donors (Lipinski definition) is 0. The molecule has 4 heterocycles. The van der Waals surface area contributed by atoms with E-state index in [0.717, 1.165) is 82.8 Å². The van der Waals surface area contributed by atoms with Crippen LogP contribution in [-0.2, 0) is 0 Å². The standard InChI is InChI=1S/C44H25N3O2/c1-2-11-27(12-3-1)36-25-37(28-19-23-40-35(24-28)34-22-21-33-31-15-7-9-17-39(31)48-42(33)43(34)49-40)46-44(45-36)47-38-16-8-6-14-30(38)32-20-18-26-10-4-5-13-29(26)41(32)47/h1-25H. The lowest BCUT2D eigenvalue weighted by molar-refractivity contribution is 0.633. The molecule has 0 N–H and O–H groups in total. The van der Waals surface area contributed by atoms with Crippen molar-refractivity contribution in [1.82, 2.24) is 14.5 Å². The zero-order chi connectivity index (χ0) is 32.1. The van der Waals surface area contributed by atoms with Crippen molar-refractivity contribution < 1.29 is 8.83 Å². The van der Waals surface area contributed by atoms with Crippen molar-refractivity contribution in [2.75, 3.05) is 0 Å². The second-order valence-electron chi connectivity index (χ2n) is 12.6. The van der Waals surface area contributed by atoms with Crippen molar-refractivity contribution in [1.29, 1.82) is 0 Å². The Balaban J connectivity index is 1.19. The van der Waals surface area contributed by atoms with E-state index < -0.39 is 0 Å². The molecule has 228 valence electrons. The summed E-state index contributed by atoms with van der Waals surface area (Å²) in [7, 11) is 0. The molecule has 0 saturated carbocycles. The second kappa shape index (κ2) is 9.89. The van der Waals surface area contributed by atoms with Gasteiger partial charge in [-0.1, -0.05) is 103 Å². The number of para-hydroxylation sites is 2. The molecule has 0 unspecified atom stereocenters. The maximum absolute atomic E-state index is 6.47. The minimum absolute atomic E-state index is 0.625. The van der Waals surface area contributed by atoms with Gasteiger partial charge in [0.1, 0.15) is 11.2 Å². The van der Waals surface area contributed by atoms with Crippen molar-refractivity contribution in [3.63, 3.8) is 0 Å². The fourth-order valence-corrected chi connectivity index (χ4v) is 7.55. The number of furan rings is 2. The minimum atomic E-state index is 0.625. The molecular weight excluding hydrogens is 603 g/mol. The lowest BCUT2D eigenvalue weighted by Gasteiger charge is -2.12.